The monoisotopic (exact) mass is 427 g/mol. The van der Waals surface area contributed by atoms with Gasteiger partial charge in [0.2, 0.25) is 5.91 Å². The summed E-state index contributed by atoms with van der Waals surface area (Å²) < 4.78 is 6.84. The second-order valence-electron chi connectivity index (χ2n) is 7.19. The van der Waals surface area contributed by atoms with Crippen molar-refractivity contribution >= 4 is 23.2 Å². The number of benzene rings is 1. The number of halogens is 1. The number of carbonyl (C=O) groups is 1. The summed E-state index contributed by atoms with van der Waals surface area (Å²) in [5.41, 5.74) is 2.16. The quantitative estimate of drug-likeness (QED) is 0.640. The second kappa shape index (κ2) is 9.34. The van der Waals surface area contributed by atoms with Crippen LogP contribution in [0.4, 0.5) is 0 Å². The zero-order valence-corrected chi connectivity index (χ0v) is 17.1. The number of amides is 1. The molecule has 8 nitrogen and oxygen atoms in total. The van der Waals surface area contributed by atoms with Gasteiger partial charge in [0.05, 0.1) is 19.6 Å². The van der Waals surface area contributed by atoms with Crippen molar-refractivity contribution in [1.82, 2.24) is 24.8 Å². The van der Waals surface area contributed by atoms with E-state index in [1.165, 1.54) is 4.40 Å². The predicted molar refractivity (Wildman–Crippen MR) is 112 cm³/mol. The third-order valence-corrected chi connectivity index (χ3v) is 5.22. The van der Waals surface area contributed by atoms with Gasteiger partial charge in [0, 0.05) is 37.4 Å². The predicted octanol–water partition coefficient (Wildman–Crippen LogP) is 1.43. The number of nitrogens with zero attached hydrogens (tertiary/aromatic N) is 4. The SMILES string of the molecule is O=C(Cc1nnc2ccc(CN3CCOCC3)cn2c1=O)NCc1ccc(Cl)cc1. The number of nitrogens with one attached hydrogen (secondary N) is 1. The van der Waals surface area contributed by atoms with Crippen LogP contribution in [-0.4, -0.2) is 51.7 Å². The Labute approximate surface area is 178 Å². The highest BCUT2D eigenvalue weighted by atomic mass is 35.5. The fraction of sp³-hybridized carbons (Fsp3) is 0.333. The Bertz CT molecular complexity index is 1090. The number of fused-ring (bicyclic) bond motifs is 1. The molecule has 0 bridgehead atoms. The lowest BCUT2D eigenvalue weighted by molar-refractivity contribution is -0.120. The summed E-state index contributed by atoms with van der Waals surface area (Å²) in [6, 6.07) is 10.9. The average molecular weight is 428 g/mol. The van der Waals surface area contributed by atoms with Gasteiger partial charge in [-0.25, -0.2) is 0 Å². The number of hydrogen-bond donors (Lipinski definition) is 1. The van der Waals surface area contributed by atoms with Gasteiger partial charge in [-0.2, -0.15) is 0 Å². The molecule has 1 aromatic carbocycles. The summed E-state index contributed by atoms with van der Waals surface area (Å²) in [4.78, 5) is 27.4. The van der Waals surface area contributed by atoms with Gasteiger partial charge in [-0.3, -0.25) is 18.9 Å². The second-order valence-corrected chi connectivity index (χ2v) is 7.62. The number of carbonyl (C=O) groups excluding carboxylic acids is 1. The zero-order valence-electron chi connectivity index (χ0n) is 16.4. The lowest BCUT2D eigenvalue weighted by Crippen LogP contribution is -2.35. The van der Waals surface area contributed by atoms with Gasteiger partial charge < -0.3 is 10.1 Å². The molecule has 0 radical (unpaired) electrons. The highest BCUT2D eigenvalue weighted by molar-refractivity contribution is 6.30. The molecular formula is C21H22ClN5O3. The van der Waals surface area contributed by atoms with E-state index in [0.29, 0.717) is 30.4 Å². The minimum absolute atomic E-state index is 0.115. The first-order valence-corrected chi connectivity index (χ1v) is 10.1. The molecule has 1 saturated heterocycles. The molecule has 156 valence electrons. The molecule has 1 fully saturated rings. The molecule has 30 heavy (non-hydrogen) atoms. The van der Waals surface area contributed by atoms with Gasteiger partial charge >= 0.3 is 0 Å². The summed E-state index contributed by atoms with van der Waals surface area (Å²) >= 11 is 5.86. The Morgan fingerprint density at radius 1 is 1.07 bits per heavy atom. The van der Waals surface area contributed by atoms with E-state index in [-0.39, 0.29) is 23.6 Å². The number of pyridine rings is 1. The van der Waals surface area contributed by atoms with E-state index in [1.54, 1.807) is 24.4 Å². The number of morpholine rings is 1. The molecule has 1 N–H and O–H groups in total. The smallest absolute Gasteiger partial charge is 0.280 e. The van der Waals surface area contributed by atoms with Crippen molar-refractivity contribution in [3.8, 4) is 0 Å². The molecule has 0 spiro atoms. The van der Waals surface area contributed by atoms with Crippen LogP contribution in [0.25, 0.3) is 5.65 Å². The third kappa shape index (κ3) is 5.02. The van der Waals surface area contributed by atoms with Crippen molar-refractivity contribution in [2.45, 2.75) is 19.5 Å². The van der Waals surface area contributed by atoms with Crippen molar-refractivity contribution < 1.29 is 9.53 Å². The molecule has 0 atom stereocenters. The molecule has 2 aromatic heterocycles. The normalized spacial score (nSPS) is 14.7. The topological polar surface area (TPSA) is 88.8 Å². The van der Waals surface area contributed by atoms with Crippen molar-refractivity contribution in [2.75, 3.05) is 26.3 Å². The van der Waals surface area contributed by atoms with E-state index >= 15 is 0 Å². The first kappa shape index (κ1) is 20.5. The summed E-state index contributed by atoms with van der Waals surface area (Å²) in [5, 5.41) is 11.5. The van der Waals surface area contributed by atoms with Gasteiger partial charge in [-0.05, 0) is 29.3 Å². The van der Waals surface area contributed by atoms with Crippen molar-refractivity contribution in [3.63, 3.8) is 0 Å². The maximum absolute atomic E-state index is 12.9. The Balaban J connectivity index is 1.45. The highest BCUT2D eigenvalue weighted by Crippen LogP contribution is 2.10. The Morgan fingerprint density at radius 2 is 1.80 bits per heavy atom. The maximum Gasteiger partial charge on any atom is 0.280 e. The average Bonchev–Trinajstić information content (AvgIpc) is 2.76. The Hall–Kier alpha value is -2.81. The van der Waals surface area contributed by atoms with Crippen LogP contribution in [-0.2, 0) is 29.0 Å². The van der Waals surface area contributed by atoms with Crippen molar-refractivity contribution in [3.05, 3.63) is 74.8 Å². The summed E-state index contributed by atoms with van der Waals surface area (Å²) in [5.74, 6) is -0.291. The van der Waals surface area contributed by atoms with Gasteiger partial charge in [0.15, 0.2) is 5.65 Å². The van der Waals surface area contributed by atoms with E-state index in [1.807, 2.05) is 18.2 Å². The van der Waals surface area contributed by atoms with Crippen LogP contribution in [0, 0.1) is 0 Å². The number of aromatic nitrogens is 3. The summed E-state index contributed by atoms with van der Waals surface area (Å²) in [6.07, 6.45) is 1.65. The Kier molecular flexibility index (Phi) is 6.37. The van der Waals surface area contributed by atoms with Crippen molar-refractivity contribution in [2.24, 2.45) is 0 Å². The molecule has 4 rings (SSSR count). The van der Waals surface area contributed by atoms with Gasteiger partial charge in [0.25, 0.3) is 5.56 Å². The minimum Gasteiger partial charge on any atom is -0.379 e. The minimum atomic E-state index is -0.328. The van der Waals surface area contributed by atoms with Gasteiger partial charge in [-0.15, -0.1) is 10.2 Å². The van der Waals surface area contributed by atoms with Crippen LogP contribution < -0.4 is 10.9 Å². The van der Waals surface area contributed by atoms with E-state index in [4.69, 9.17) is 16.3 Å². The molecular weight excluding hydrogens is 406 g/mol. The van der Waals surface area contributed by atoms with E-state index in [9.17, 15) is 9.59 Å². The van der Waals surface area contributed by atoms with Gasteiger partial charge in [-0.1, -0.05) is 29.8 Å². The first-order chi connectivity index (χ1) is 14.6. The van der Waals surface area contributed by atoms with Crippen LogP contribution in [0.5, 0.6) is 0 Å². The maximum atomic E-state index is 12.9. The molecule has 0 saturated carbocycles. The van der Waals surface area contributed by atoms with Crippen LogP contribution >= 0.6 is 11.6 Å². The molecule has 3 heterocycles. The fourth-order valence-electron chi connectivity index (χ4n) is 3.31. The summed E-state index contributed by atoms with van der Waals surface area (Å²) in [6.45, 7) is 4.23. The van der Waals surface area contributed by atoms with Crippen LogP contribution in [0.2, 0.25) is 5.02 Å². The van der Waals surface area contributed by atoms with E-state index < -0.39 is 0 Å². The number of hydrogen-bond acceptors (Lipinski definition) is 6. The molecule has 9 heteroatoms. The molecule has 1 aliphatic rings. The highest BCUT2D eigenvalue weighted by Gasteiger charge is 2.14. The van der Waals surface area contributed by atoms with E-state index in [2.05, 4.69) is 20.4 Å². The standard InChI is InChI=1S/C21H22ClN5O3/c22-17-4-1-15(2-5-17)12-23-20(28)11-18-21(29)27-14-16(3-6-19(27)25-24-18)13-26-7-9-30-10-8-26/h1-6,14H,7-13H2,(H,23,28). The molecule has 0 unspecified atom stereocenters. The first-order valence-electron chi connectivity index (χ1n) is 9.76. The molecule has 0 aliphatic carbocycles. The van der Waals surface area contributed by atoms with Gasteiger partial charge in [0.1, 0.15) is 5.69 Å². The zero-order chi connectivity index (χ0) is 20.9. The molecule has 1 amide bonds. The lowest BCUT2D eigenvalue weighted by atomic mass is 10.2. The summed E-state index contributed by atoms with van der Waals surface area (Å²) in [7, 11) is 0. The fourth-order valence-corrected chi connectivity index (χ4v) is 3.44. The van der Waals surface area contributed by atoms with E-state index in [0.717, 1.165) is 30.8 Å². The van der Waals surface area contributed by atoms with Crippen LogP contribution in [0.3, 0.4) is 0 Å². The third-order valence-electron chi connectivity index (χ3n) is 4.97. The van der Waals surface area contributed by atoms with Crippen molar-refractivity contribution in [1.29, 1.82) is 0 Å². The largest absolute Gasteiger partial charge is 0.379 e. The lowest BCUT2D eigenvalue weighted by Gasteiger charge is -2.26. The van der Waals surface area contributed by atoms with Crippen LogP contribution in [0.1, 0.15) is 16.8 Å². The molecule has 1 aliphatic heterocycles. The van der Waals surface area contributed by atoms with Crippen LogP contribution in [0.15, 0.2) is 47.4 Å². The number of ether oxygens (including phenoxy) is 1. The Morgan fingerprint density at radius 3 is 2.57 bits per heavy atom. The number of rotatable bonds is 6. The molecule has 3 aromatic rings.